The van der Waals surface area contributed by atoms with Crippen molar-refractivity contribution in [2.24, 2.45) is 5.73 Å². The van der Waals surface area contributed by atoms with Gasteiger partial charge >= 0.3 is 0 Å². The van der Waals surface area contributed by atoms with E-state index < -0.39 is 0 Å². The molecule has 0 aliphatic carbocycles. The van der Waals surface area contributed by atoms with E-state index in [2.05, 4.69) is 52.3 Å². The smallest absolute Gasteiger partial charge is 0.0701 e. The van der Waals surface area contributed by atoms with Crippen LogP contribution in [0.2, 0.25) is 0 Å². The molecule has 2 N–H and O–H groups in total. The summed E-state index contributed by atoms with van der Waals surface area (Å²) in [6, 6.07) is 14.8. The van der Waals surface area contributed by atoms with E-state index in [4.69, 9.17) is 5.73 Å². The lowest BCUT2D eigenvalue weighted by molar-refractivity contribution is 0.671. The highest BCUT2D eigenvalue weighted by molar-refractivity contribution is 9.11. The molecule has 16 heavy (non-hydrogen) atoms. The SMILES string of the molecule is NC(Cc1ccccc1)Cc1ccc(Br)s1. The molecule has 0 bridgehead atoms. The number of benzene rings is 1. The molecule has 0 spiro atoms. The average Bonchev–Trinajstić information content (AvgIpc) is 2.65. The first kappa shape index (κ1) is 11.8. The number of halogens is 1. The summed E-state index contributed by atoms with van der Waals surface area (Å²) in [4.78, 5) is 1.34. The van der Waals surface area contributed by atoms with Crippen LogP contribution in [-0.2, 0) is 12.8 Å². The number of nitrogens with two attached hydrogens (primary N) is 1. The first-order valence-corrected chi connectivity index (χ1v) is 6.89. The van der Waals surface area contributed by atoms with Crippen molar-refractivity contribution in [3.05, 3.63) is 56.7 Å². The van der Waals surface area contributed by atoms with Crippen LogP contribution in [-0.4, -0.2) is 6.04 Å². The molecular weight excluding hydrogens is 282 g/mol. The standard InChI is InChI=1S/C13H14BrNS/c14-13-7-6-12(16-13)9-11(15)8-10-4-2-1-3-5-10/h1-7,11H,8-9,15H2. The van der Waals surface area contributed by atoms with Gasteiger partial charge in [-0.2, -0.15) is 0 Å². The molecule has 0 saturated carbocycles. The number of rotatable bonds is 4. The summed E-state index contributed by atoms with van der Waals surface area (Å²) in [5.74, 6) is 0. The summed E-state index contributed by atoms with van der Waals surface area (Å²) in [7, 11) is 0. The highest BCUT2D eigenvalue weighted by Crippen LogP contribution is 2.23. The van der Waals surface area contributed by atoms with Gasteiger partial charge in [-0.15, -0.1) is 11.3 Å². The molecule has 0 fully saturated rings. The van der Waals surface area contributed by atoms with Crippen molar-refractivity contribution in [3.8, 4) is 0 Å². The van der Waals surface area contributed by atoms with Crippen LogP contribution in [0, 0.1) is 0 Å². The van der Waals surface area contributed by atoms with Crippen LogP contribution in [0.3, 0.4) is 0 Å². The fourth-order valence-electron chi connectivity index (χ4n) is 1.71. The maximum atomic E-state index is 6.14. The van der Waals surface area contributed by atoms with Gasteiger partial charge in [0.1, 0.15) is 0 Å². The zero-order valence-electron chi connectivity index (χ0n) is 8.90. The summed E-state index contributed by atoms with van der Waals surface area (Å²) in [5.41, 5.74) is 7.45. The molecule has 2 rings (SSSR count). The molecule has 0 amide bonds. The largest absolute Gasteiger partial charge is 0.327 e. The summed E-state index contributed by atoms with van der Waals surface area (Å²) in [6.45, 7) is 0. The third-order valence-electron chi connectivity index (χ3n) is 2.43. The van der Waals surface area contributed by atoms with E-state index in [-0.39, 0.29) is 6.04 Å². The van der Waals surface area contributed by atoms with Crippen molar-refractivity contribution in [1.82, 2.24) is 0 Å². The van der Waals surface area contributed by atoms with Crippen LogP contribution in [0.1, 0.15) is 10.4 Å². The summed E-state index contributed by atoms with van der Waals surface area (Å²) in [5, 5.41) is 0. The minimum absolute atomic E-state index is 0.202. The molecule has 0 aliphatic rings. The molecule has 1 atom stereocenters. The van der Waals surface area contributed by atoms with Gasteiger partial charge in [-0.1, -0.05) is 30.3 Å². The molecule has 0 radical (unpaired) electrons. The Bertz CT molecular complexity index is 438. The second-order valence-corrected chi connectivity index (χ2v) is 6.41. The van der Waals surface area contributed by atoms with E-state index in [1.165, 1.54) is 14.2 Å². The second kappa shape index (κ2) is 5.62. The van der Waals surface area contributed by atoms with Crippen LogP contribution in [0.5, 0.6) is 0 Å². The van der Waals surface area contributed by atoms with Crippen LogP contribution < -0.4 is 5.73 Å². The van der Waals surface area contributed by atoms with Crippen molar-refractivity contribution in [2.45, 2.75) is 18.9 Å². The predicted molar refractivity (Wildman–Crippen MR) is 73.8 cm³/mol. The van der Waals surface area contributed by atoms with Gasteiger partial charge in [0, 0.05) is 10.9 Å². The number of hydrogen-bond acceptors (Lipinski definition) is 2. The third kappa shape index (κ3) is 3.44. The van der Waals surface area contributed by atoms with Crippen LogP contribution >= 0.6 is 27.3 Å². The lowest BCUT2D eigenvalue weighted by Gasteiger charge is -2.10. The summed E-state index contributed by atoms with van der Waals surface area (Å²) < 4.78 is 1.18. The van der Waals surface area contributed by atoms with Gasteiger partial charge in [-0.25, -0.2) is 0 Å². The Morgan fingerprint density at radius 1 is 1.06 bits per heavy atom. The number of thiophene rings is 1. The maximum Gasteiger partial charge on any atom is 0.0701 e. The summed E-state index contributed by atoms with van der Waals surface area (Å²) in [6.07, 6.45) is 1.89. The molecule has 3 heteroatoms. The molecule has 0 saturated heterocycles. The fourth-order valence-corrected chi connectivity index (χ4v) is 3.28. The van der Waals surface area contributed by atoms with Gasteiger partial charge in [0.05, 0.1) is 3.79 Å². The average molecular weight is 296 g/mol. The Hall–Kier alpha value is -0.640. The fraction of sp³-hybridized carbons (Fsp3) is 0.231. The summed E-state index contributed by atoms with van der Waals surface area (Å²) >= 11 is 5.23. The van der Waals surface area contributed by atoms with Crippen molar-refractivity contribution >= 4 is 27.3 Å². The van der Waals surface area contributed by atoms with Crippen LogP contribution in [0.4, 0.5) is 0 Å². The molecule has 1 heterocycles. The molecule has 1 nitrogen and oxygen atoms in total. The first-order chi connectivity index (χ1) is 7.74. The molecule has 1 unspecified atom stereocenters. The topological polar surface area (TPSA) is 26.0 Å². The van der Waals surface area contributed by atoms with E-state index >= 15 is 0 Å². The van der Waals surface area contributed by atoms with E-state index in [0.29, 0.717) is 0 Å². The molecule has 1 aromatic heterocycles. The zero-order chi connectivity index (χ0) is 11.4. The zero-order valence-corrected chi connectivity index (χ0v) is 11.3. The van der Waals surface area contributed by atoms with Crippen LogP contribution in [0.15, 0.2) is 46.3 Å². The second-order valence-electron chi connectivity index (χ2n) is 3.86. The quantitative estimate of drug-likeness (QED) is 0.916. The minimum atomic E-state index is 0.202. The van der Waals surface area contributed by atoms with Gasteiger partial charge < -0.3 is 5.73 Å². The van der Waals surface area contributed by atoms with Crippen molar-refractivity contribution in [1.29, 1.82) is 0 Å². The van der Waals surface area contributed by atoms with Crippen molar-refractivity contribution < 1.29 is 0 Å². The molecule has 1 aromatic carbocycles. The van der Waals surface area contributed by atoms with Crippen molar-refractivity contribution in [3.63, 3.8) is 0 Å². The molecule has 84 valence electrons. The van der Waals surface area contributed by atoms with E-state index in [9.17, 15) is 0 Å². The monoisotopic (exact) mass is 295 g/mol. The normalized spacial score (nSPS) is 12.6. The maximum absolute atomic E-state index is 6.14. The van der Waals surface area contributed by atoms with Gasteiger partial charge in [0.15, 0.2) is 0 Å². The van der Waals surface area contributed by atoms with E-state index in [0.717, 1.165) is 12.8 Å². The Morgan fingerprint density at radius 3 is 2.44 bits per heavy atom. The lowest BCUT2D eigenvalue weighted by Crippen LogP contribution is -2.24. The molecule has 2 aromatic rings. The highest BCUT2D eigenvalue weighted by atomic mass is 79.9. The van der Waals surface area contributed by atoms with Gasteiger partial charge in [-0.05, 0) is 46.5 Å². The Labute approximate surface area is 108 Å². The van der Waals surface area contributed by atoms with Crippen LogP contribution in [0.25, 0.3) is 0 Å². The van der Waals surface area contributed by atoms with E-state index in [1.807, 2.05) is 6.07 Å². The molecular formula is C13H14BrNS. The van der Waals surface area contributed by atoms with Crippen molar-refractivity contribution in [2.75, 3.05) is 0 Å². The van der Waals surface area contributed by atoms with E-state index in [1.54, 1.807) is 11.3 Å². The number of hydrogen-bond donors (Lipinski definition) is 1. The third-order valence-corrected chi connectivity index (χ3v) is 4.08. The Balaban J connectivity index is 1.92. The Kier molecular flexibility index (Phi) is 4.16. The lowest BCUT2D eigenvalue weighted by atomic mass is 10.0. The first-order valence-electron chi connectivity index (χ1n) is 5.28. The van der Waals surface area contributed by atoms with Gasteiger partial charge in [0.25, 0.3) is 0 Å². The highest BCUT2D eigenvalue weighted by Gasteiger charge is 2.06. The minimum Gasteiger partial charge on any atom is -0.327 e. The molecule has 0 aliphatic heterocycles. The predicted octanol–water partition coefficient (Wildman–Crippen LogP) is 3.62. The van der Waals surface area contributed by atoms with Gasteiger partial charge in [-0.3, -0.25) is 0 Å². The Morgan fingerprint density at radius 2 is 1.81 bits per heavy atom. The van der Waals surface area contributed by atoms with Gasteiger partial charge in [0.2, 0.25) is 0 Å².